The molecule has 0 bridgehead atoms. The minimum absolute atomic E-state index is 0.266. The number of hydrogen-bond donors (Lipinski definition) is 1. The van der Waals surface area contributed by atoms with Crippen LogP contribution in [-0.2, 0) is 4.74 Å². The number of carbonyl (C=O) groups is 2. The fraction of sp³-hybridized carbons (Fsp3) is 0.417. The van der Waals surface area contributed by atoms with Gasteiger partial charge in [-0.25, -0.2) is 14.8 Å². The number of hydrogen-bond acceptors (Lipinski definition) is 7. The third kappa shape index (κ3) is 4.19. The van der Waals surface area contributed by atoms with Gasteiger partial charge in [-0.2, -0.15) is 0 Å². The van der Waals surface area contributed by atoms with Crippen LogP contribution >= 0.6 is 11.3 Å². The lowest BCUT2D eigenvalue weighted by atomic mass is 10.0. The summed E-state index contributed by atoms with van der Waals surface area (Å²) in [4.78, 5) is 38.7. The second-order valence-corrected chi connectivity index (χ2v) is 9.09. The Morgan fingerprint density at radius 1 is 1.22 bits per heavy atom. The maximum atomic E-state index is 13.3. The van der Waals surface area contributed by atoms with Crippen LogP contribution in [0.4, 0.5) is 11.5 Å². The van der Waals surface area contributed by atoms with Crippen molar-refractivity contribution in [2.24, 2.45) is 0 Å². The number of fused-ring (bicyclic) bond motifs is 1. The fourth-order valence-electron chi connectivity index (χ4n) is 4.22. The van der Waals surface area contributed by atoms with Gasteiger partial charge in [0.2, 0.25) is 0 Å². The number of amides is 1. The number of anilines is 2. The van der Waals surface area contributed by atoms with Crippen LogP contribution in [0.2, 0.25) is 0 Å². The number of aryl methyl sites for hydroxylation is 2. The van der Waals surface area contributed by atoms with Gasteiger partial charge in [-0.1, -0.05) is 12.1 Å². The van der Waals surface area contributed by atoms with Gasteiger partial charge in [-0.15, -0.1) is 11.3 Å². The van der Waals surface area contributed by atoms with Crippen molar-refractivity contribution in [3.05, 3.63) is 46.1 Å². The molecule has 32 heavy (non-hydrogen) atoms. The molecule has 168 valence electrons. The smallest absolute Gasteiger partial charge is 0.340 e. The Morgan fingerprint density at radius 3 is 2.75 bits per heavy atom. The topological polar surface area (TPSA) is 84.4 Å². The number of nitrogens with zero attached hydrogens (tertiary/aromatic N) is 3. The molecule has 1 unspecified atom stereocenters. The minimum atomic E-state index is -0.459. The summed E-state index contributed by atoms with van der Waals surface area (Å²) in [5.41, 5.74) is 1.63. The van der Waals surface area contributed by atoms with E-state index < -0.39 is 5.97 Å². The summed E-state index contributed by atoms with van der Waals surface area (Å²) in [5.74, 6) is 0.891. The molecule has 0 radical (unpaired) electrons. The van der Waals surface area contributed by atoms with Gasteiger partial charge in [0, 0.05) is 12.6 Å². The largest absolute Gasteiger partial charge is 0.462 e. The van der Waals surface area contributed by atoms with Crippen molar-refractivity contribution in [2.45, 2.75) is 53.0 Å². The first-order valence-electron chi connectivity index (χ1n) is 11.0. The number of aromatic nitrogens is 2. The molecule has 0 saturated carbocycles. The van der Waals surface area contributed by atoms with Gasteiger partial charge in [-0.05, 0) is 64.7 Å². The van der Waals surface area contributed by atoms with Gasteiger partial charge in [0.25, 0.3) is 5.91 Å². The van der Waals surface area contributed by atoms with Crippen molar-refractivity contribution >= 4 is 44.9 Å². The fourth-order valence-corrected chi connectivity index (χ4v) is 5.33. The Kier molecular flexibility index (Phi) is 6.41. The van der Waals surface area contributed by atoms with Crippen LogP contribution in [0.15, 0.2) is 24.3 Å². The summed E-state index contributed by atoms with van der Waals surface area (Å²) in [7, 11) is 0. The molecule has 1 fully saturated rings. The van der Waals surface area contributed by atoms with Crippen molar-refractivity contribution in [1.82, 2.24) is 9.97 Å². The number of piperidine rings is 1. The number of rotatable bonds is 5. The Hall–Kier alpha value is -3.00. The van der Waals surface area contributed by atoms with Crippen molar-refractivity contribution in [3.8, 4) is 0 Å². The minimum Gasteiger partial charge on any atom is -0.462 e. The summed E-state index contributed by atoms with van der Waals surface area (Å²) < 4.78 is 5.12. The number of carbonyl (C=O) groups excluding carboxylic acids is 2. The number of nitrogens with one attached hydrogen (secondary N) is 1. The summed E-state index contributed by atoms with van der Waals surface area (Å²) in [6.45, 7) is 9.04. The molecule has 0 aliphatic carbocycles. The molecule has 3 aromatic rings. The van der Waals surface area contributed by atoms with Gasteiger partial charge in [0.15, 0.2) is 0 Å². The van der Waals surface area contributed by atoms with Crippen molar-refractivity contribution < 1.29 is 14.3 Å². The Bertz CT molecular complexity index is 1170. The lowest BCUT2D eigenvalue weighted by molar-refractivity contribution is 0.0527. The van der Waals surface area contributed by atoms with Gasteiger partial charge in [0.05, 0.1) is 28.1 Å². The van der Waals surface area contributed by atoms with Crippen LogP contribution in [0.1, 0.15) is 64.5 Å². The van der Waals surface area contributed by atoms with Crippen LogP contribution < -0.4 is 10.2 Å². The van der Waals surface area contributed by atoms with Crippen LogP contribution in [0.25, 0.3) is 10.2 Å². The average Bonchev–Trinajstić information content (AvgIpc) is 3.10. The molecule has 7 nitrogen and oxygen atoms in total. The summed E-state index contributed by atoms with van der Waals surface area (Å²) in [6, 6.07) is 7.28. The maximum absolute atomic E-state index is 13.3. The molecule has 8 heteroatoms. The number of benzene rings is 1. The predicted molar refractivity (Wildman–Crippen MR) is 128 cm³/mol. The summed E-state index contributed by atoms with van der Waals surface area (Å²) >= 11 is 1.36. The highest BCUT2D eigenvalue weighted by Crippen LogP contribution is 2.38. The van der Waals surface area contributed by atoms with E-state index in [0.29, 0.717) is 28.0 Å². The van der Waals surface area contributed by atoms with E-state index >= 15 is 0 Å². The highest BCUT2D eigenvalue weighted by Gasteiger charge is 2.27. The maximum Gasteiger partial charge on any atom is 0.340 e. The van der Waals surface area contributed by atoms with E-state index in [9.17, 15) is 9.59 Å². The zero-order valence-electron chi connectivity index (χ0n) is 18.9. The molecule has 1 saturated heterocycles. The standard InChI is InChI=1S/C24H28N4O3S/c1-5-31-24(30)17-11-6-7-12-18(17)27-22(29)20-15(3)19-21(25-16(4)26-23(19)32-20)28-13-9-8-10-14(28)2/h6-7,11-12,14H,5,8-10,13H2,1-4H3,(H,27,29). The van der Waals surface area contributed by atoms with Crippen molar-refractivity contribution in [3.63, 3.8) is 0 Å². The monoisotopic (exact) mass is 452 g/mol. The molecule has 1 aliphatic heterocycles. The second kappa shape index (κ2) is 9.24. The molecule has 1 aliphatic rings. The molecule has 4 rings (SSSR count). The third-order valence-corrected chi connectivity index (χ3v) is 7.02. The molecular weight excluding hydrogens is 424 g/mol. The van der Waals surface area contributed by atoms with E-state index in [2.05, 4.69) is 22.1 Å². The van der Waals surface area contributed by atoms with Crippen molar-refractivity contribution in [1.29, 1.82) is 0 Å². The van der Waals surface area contributed by atoms with E-state index in [1.54, 1.807) is 31.2 Å². The average molecular weight is 453 g/mol. The summed E-state index contributed by atoms with van der Waals surface area (Å²) in [5, 5.41) is 3.84. The quantitative estimate of drug-likeness (QED) is 0.541. The molecule has 1 N–H and O–H groups in total. The van der Waals surface area contributed by atoms with Gasteiger partial charge in [0.1, 0.15) is 16.5 Å². The van der Waals surface area contributed by atoms with Crippen LogP contribution in [-0.4, -0.2) is 41.0 Å². The first-order chi connectivity index (χ1) is 15.4. The van der Waals surface area contributed by atoms with Crippen molar-refractivity contribution in [2.75, 3.05) is 23.4 Å². The van der Waals surface area contributed by atoms with Gasteiger partial charge in [-0.3, -0.25) is 4.79 Å². The Labute approximate surface area is 191 Å². The first kappa shape index (κ1) is 22.2. The third-order valence-electron chi connectivity index (χ3n) is 5.83. The van der Waals surface area contributed by atoms with Gasteiger partial charge >= 0.3 is 5.97 Å². The predicted octanol–water partition coefficient (Wildman–Crippen LogP) is 5.12. The lowest BCUT2D eigenvalue weighted by Crippen LogP contribution is -2.38. The SMILES string of the molecule is CCOC(=O)c1ccccc1NC(=O)c1sc2nc(C)nc(N3CCCCC3C)c2c1C. The molecule has 1 amide bonds. The first-order valence-corrected chi connectivity index (χ1v) is 11.8. The number of esters is 1. The lowest BCUT2D eigenvalue weighted by Gasteiger charge is -2.35. The van der Waals surface area contributed by atoms with Crippen LogP contribution in [0.3, 0.4) is 0 Å². The second-order valence-electron chi connectivity index (χ2n) is 8.09. The van der Waals surface area contributed by atoms with Crippen LogP contribution in [0.5, 0.6) is 0 Å². The van der Waals surface area contributed by atoms with E-state index in [-0.39, 0.29) is 12.5 Å². The molecule has 0 spiro atoms. The van der Waals surface area contributed by atoms with E-state index in [1.807, 2.05) is 13.8 Å². The number of ether oxygens (including phenoxy) is 1. The molecular formula is C24H28N4O3S. The number of thiophene rings is 1. The van der Waals surface area contributed by atoms with E-state index in [4.69, 9.17) is 9.72 Å². The van der Waals surface area contributed by atoms with Gasteiger partial charge < -0.3 is 15.0 Å². The van der Waals surface area contributed by atoms with E-state index in [0.717, 1.165) is 41.0 Å². The molecule has 1 atom stereocenters. The summed E-state index contributed by atoms with van der Waals surface area (Å²) in [6.07, 6.45) is 3.49. The molecule has 1 aromatic carbocycles. The zero-order chi connectivity index (χ0) is 22.8. The highest BCUT2D eigenvalue weighted by molar-refractivity contribution is 7.20. The van der Waals surface area contributed by atoms with E-state index in [1.165, 1.54) is 17.8 Å². The normalized spacial score (nSPS) is 16.2. The molecule has 3 heterocycles. The zero-order valence-corrected chi connectivity index (χ0v) is 19.7. The molecule has 2 aromatic heterocycles. The highest BCUT2D eigenvalue weighted by atomic mass is 32.1. The van der Waals surface area contributed by atoms with Crippen LogP contribution in [0, 0.1) is 13.8 Å². The Balaban J connectivity index is 1.72. The number of para-hydroxylation sites is 1. The Morgan fingerprint density at radius 2 is 2.00 bits per heavy atom.